The third kappa shape index (κ3) is 2.12. The summed E-state index contributed by atoms with van der Waals surface area (Å²) >= 11 is 3.88. The lowest BCUT2D eigenvalue weighted by atomic mass is 10.2. The number of hydrogen-bond donors (Lipinski definition) is 1. The lowest BCUT2D eigenvalue weighted by molar-refractivity contribution is -0.925. The first-order chi connectivity index (χ1) is 8.70. The van der Waals surface area contributed by atoms with E-state index in [1.807, 2.05) is 12.1 Å². The highest BCUT2D eigenvalue weighted by molar-refractivity contribution is 9.09. The molecule has 1 aromatic rings. The van der Waals surface area contributed by atoms with Gasteiger partial charge in [0.1, 0.15) is 4.95 Å². The van der Waals surface area contributed by atoms with Crippen LogP contribution in [0.1, 0.15) is 12.8 Å². The lowest BCUT2D eigenvalue weighted by Gasteiger charge is -2.45. The van der Waals surface area contributed by atoms with Crippen LogP contribution in [0.2, 0.25) is 0 Å². The molecule has 0 aliphatic carbocycles. The molecule has 0 saturated carbocycles. The van der Waals surface area contributed by atoms with Crippen molar-refractivity contribution in [3.05, 3.63) is 24.3 Å². The molecule has 4 heteroatoms. The molecule has 3 nitrogen and oxygen atoms in total. The van der Waals surface area contributed by atoms with Crippen molar-refractivity contribution in [3.8, 4) is 0 Å². The second kappa shape index (κ2) is 4.74. The highest BCUT2D eigenvalue weighted by atomic mass is 79.9. The first kappa shape index (κ1) is 12.3. The van der Waals surface area contributed by atoms with Gasteiger partial charge >= 0.3 is 0 Å². The minimum absolute atomic E-state index is 0.681. The third-order valence-electron chi connectivity index (χ3n) is 4.51. The minimum atomic E-state index is 0.681. The van der Waals surface area contributed by atoms with Gasteiger partial charge in [0.2, 0.25) is 0 Å². The molecule has 2 fully saturated rings. The number of hydrogen-bond acceptors (Lipinski definition) is 2. The van der Waals surface area contributed by atoms with Crippen LogP contribution in [0.4, 0.5) is 11.4 Å². The zero-order chi connectivity index (χ0) is 12.6. The molecule has 1 unspecified atom stereocenters. The average Bonchev–Trinajstić information content (AvgIpc) is 2.72. The van der Waals surface area contributed by atoms with E-state index in [2.05, 4.69) is 33.0 Å². The van der Waals surface area contributed by atoms with Crippen molar-refractivity contribution in [3.63, 3.8) is 0 Å². The number of rotatable bonds is 1. The fraction of sp³-hybridized carbons (Fsp3) is 0.571. The van der Waals surface area contributed by atoms with Crippen LogP contribution in [-0.4, -0.2) is 42.2 Å². The van der Waals surface area contributed by atoms with Crippen LogP contribution in [0.15, 0.2) is 24.3 Å². The Hall–Kier alpha value is -0.740. The van der Waals surface area contributed by atoms with Gasteiger partial charge in [0.25, 0.3) is 0 Å². The zero-order valence-corrected chi connectivity index (χ0v) is 12.3. The Morgan fingerprint density at radius 2 is 2.00 bits per heavy atom. The number of alkyl halides is 1. The first-order valence-corrected chi connectivity index (χ1v) is 7.72. The van der Waals surface area contributed by atoms with E-state index in [0.717, 1.165) is 18.8 Å². The maximum Gasteiger partial charge on any atom is 0.144 e. The molecule has 2 N–H and O–H groups in total. The first-order valence-electron chi connectivity index (χ1n) is 6.80. The molecule has 1 spiro atoms. The lowest BCUT2D eigenvalue weighted by Crippen LogP contribution is -2.60. The maximum absolute atomic E-state index is 5.86. The largest absolute Gasteiger partial charge is 0.399 e. The van der Waals surface area contributed by atoms with Gasteiger partial charge in [-0.05, 0) is 34.1 Å². The summed E-state index contributed by atoms with van der Waals surface area (Å²) in [7, 11) is 0. The molecular weight excluding hydrogens is 290 g/mol. The van der Waals surface area contributed by atoms with E-state index < -0.39 is 0 Å². The number of halogens is 1. The number of anilines is 2. The molecule has 2 aliphatic rings. The molecule has 2 heterocycles. The van der Waals surface area contributed by atoms with E-state index in [0.29, 0.717) is 4.95 Å². The van der Waals surface area contributed by atoms with Crippen molar-refractivity contribution in [1.82, 2.24) is 0 Å². The topological polar surface area (TPSA) is 29.3 Å². The highest BCUT2D eigenvalue weighted by Gasteiger charge is 2.42. The van der Waals surface area contributed by atoms with Gasteiger partial charge in [-0.2, -0.15) is 0 Å². The van der Waals surface area contributed by atoms with Gasteiger partial charge in [-0.1, -0.05) is 6.07 Å². The van der Waals surface area contributed by atoms with Crippen molar-refractivity contribution in [2.24, 2.45) is 0 Å². The molecule has 0 radical (unpaired) electrons. The van der Waals surface area contributed by atoms with Gasteiger partial charge in [-0.25, -0.2) is 0 Å². The van der Waals surface area contributed by atoms with Crippen LogP contribution in [0.25, 0.3) is 0 Å². The quantitative estimate of drug-likeness (QED) is 0.373. The van der Waals surface area contributed by atoms with Gasteiger partial charge in [0, 0.05) is 24.2 Å². The normalized spacial score (nSPS) is 26.7. The Bertz CT molecular complexity index is 427. The second-order valence-corrected chi connectivity index (χ2v) is 6.61. The smallest absolute Gasteiger partial charge is 0.144 e. The van der Waals surface area contributed by atoms with Crippen LogP contribution in [-0.2, 0) is 0 Å². The van der Waals surface area contributed by atoms with E-state index >= 15 is 0 Å². The Morgan fingerprint density at radius 3 is 2.61 bits per heavy atom. The van der Waals surface area contributed by atoms with Crippen LogP contribution in [0.3, 0.4) is 0 Å². The zero-order valence-electron chi connectivity index (χ0n) is 10.7. The molecule has 2 saturated heterocycles. The standard InChI is InChI=1S/C14H21BrN3/c15-14-5-2-8-18(14)9-6-17(7-10-18)13-4-1-3-12(16)11-13/h1,3-4,11,14H,2,5-10,16H2/q+1. The summed E-state index contributed by atoms with van der Waals surface area (Å²) in [4.78, 5) is 3.15. The number of nitrogens with zero attached hydrogens (tertiary/aromatic N) is 2. The molecule has 1 atom stereocenters. The molecule has 18 heavy (non-hydrogen) atoms. The molecule has 2 aliphatic heterocycles. The fourth-order valence-electron chi connectivity index (χ4n) is 3.34. The van der Waals surface area contributed by atoms with Crippen molar-refractivity contribution in [2.75, 3.05) is 43.4 Å². The molecule has 0 bridgehead atoms. The monoisotopic (exact) mass is 310 g/mol. The molecule has 0 amide bonds. The summed E-state index contributed by atoms with van der Waals surface area (Å²) in [5, 5.41) is 0. The molecule has 1 aromatic carbocycles. The van der Waals surface area contributed by atoms with Gasteiger partial charge in [0.05, 0.1) is 32.7 Å². The number of quaternary nitrogens is 1. The number of nitrogen functional groups attached to an aromatic ring is 1. The second-order valence-electron chi connectivity index (χ2n) is 5.55. The van der Waals surface area contributed by atoms with Crippen molar-refractivity contribution in [1.29, 1.82) is 0 Å². The highest BCUT2D eigenvalue weighted by Crippen LogP contribution is 2.33. The van der Waals surface area contributed by atoms with Crippen LogP contribution < -0.4 is 10.6 Å². The number of nitrogens with two attached hydrogens (primary N) is 1. The van der Waals surface area contributed by atoms with E-state index in [1.54, 1.807) is 0 Å². The van der Waals surface area contributed by atoms with Gasteiger partial charge in [0.15, 0.2) is 0 Å². The van der Waals surface area contributed by atoms with Gasteiger partial charge in [-0.3, -0.25) is 0 Å². The molecule has 0 aromatic heterocycles. The van der Waals surface area contributed by atoms with Crippen LogP contribution in [0, 0.1) is 0 Å². The summed E-state index contributed by atoms with van der Waals surface area (Å²) in [5.74, 6) is 0. The van der Waals surface area contributed by atoms with Crippen LogP contribution in [0.5, 0.6) is 0 Å². The van der Waals surface area contributed by atoms with Crippen molar-refractivity contribution in [2.45, 2.75) is 17.8 Å². The van der Waals surface area contributed by atoms with E-state index in [9.17, 15) is 0 Å². The fourth-order valence-corrected chi connectivity index (χ4v) is 4.27. The van der Waals surface area contributed by atoms with Crippen molar-refractivity contribution < 1.29 is 4.48 Å². The summed E-state index contributed by atoms with van der Waals surface area (Å²) in [6.45, 7) is 6.15. The minimum Gasteiger partial charge on any atom is -0.399 e. The predicted octanol–water partition coefficient (Wildman–Crippen LogP) is 2.42. The Morgan fingerprint density at radius 1 is 1.22 bits per heavy atom. The Kier molecular flexibility index (Phi) is 3.24. The predicted molar refractivity (Wildman–Crippen MR) is 79.9 cm³/mol. The Labute approximate surface area is 117 Å². The average molecular weight is 311 g/mol. The molecule has 3 rings (SSSR count). The van der Waals surface area contributed by atoms with Crippen molar-refractivity contribution >= 4 is 27.3 Å². The number of benzene rings is 1. The van der Waals surface area contributed by atoms with Gasteiger partial charge in [-0.15, -0.1) is 0 Å². The van der Waals surface area contributed by atoms with E-state index in [1.165, 1.54) is 42.6 Å². The van der Waals surface area contributed by atoms with E-state index in [-0.39, 0.29) is 0 Å². The van der Waals surface area contributed by atoms with Crippen LogP contribution >= 0.6 is 15.9 Å². The van der Waals surface area contributed by atoms with E-state index in [4.69, 9.17) is 5.73 Å². The summed E-state index contributed by atoms with van der Waals surface area (Å²) < 4.78 is 1.28. The van der Waals surface area contributed by atoms with Gasteiger partial charge < -0.3 is 15.1 Å². The summed E-state index contributed by atoms with van der Waals surface area (Å²) in [6, 6.07) is 8.26. The summed E-state index contributed by atoms with van der Waals surface area (Å²) in [5.41, 5.74) is 8.00. The molecular formula is C14H21BrN3+. The molecule has 98 valence electrons. The Balaban J connectivity index is 1.70. The maximum atomic E-state index is 5.86. The number of piperazine rings is 1. The summed E-state index contributed by atoms with van der Waals surface area (Å²) in [6.07, 6.45) is 2.70. The SMILES string of the molecule is Nc1cccc(N2CC[N+]3(CCCC3Br)CC2)c1. The third-order valence-corrected chi connectivity index (χ3v) is 5.83.